The van der Waals surface area contributed by atoms with Crippen molar-refractivity contribution >= 4 is 33.4 Å². The Morgan fingerprint density at radius 1 is 1.03 bits per heavy atom. The highest BCUT2D eigenvalue weighted by molar-refractivity contribution is 7.92. The number of aryl methyl sites for hydroxylation is 1. The van der Waals surface area contributed by atoms with Gasteiger partial charge in [0.2, 0.25) is 0 Å². The first kappa shape index (κ1) is 20.1. The number of hydrogen-bond donors (Lipinski definition) is 2. The molecular weight excluding hydrogens is 398 g/mol. The first-order valence-electron chi connectivity index (χ1n) is 8.34. The Bertz CT molecular complexity index is 1150. The van der Waals surface area contributed by atoms with E-state index in [-0.39, 0.29) is 21.8 Å². The van der Waals surface area contributed by atoms with Crippen LogP contribution in [-0.4, -0.2) is 32.6 Å². The molecule has 1 amide bonds. The molecule has 0 unspecified atom stereocenters. The lowest BCUT2D eigenvalue weighted by Gasteiger charge is -2.08. The molecule has 0 aliphatic carbocycles. The second kappa shape index (κ2) is 8.15. The Labute approximate surface area is 166 Å². The van der Waals surface area contributed by atoms with Crippen molar-refractivity contribution in [3.8, 4) is 0 Å². The fourth-order valence-corrected chi connectivity index (χ4v) is 3.42. The van der Waals surface area contributed by atoms with Gasteiger partial charge in [0.05, 0.1) is 17.6 Å². The molecule has 1 heterocycles. The van der Waals surface area contributed by atoms with Crippen molar-refractivity contribution in [3.63, 3.8) is 0 Å². The zero-order valence-corrected chi connectivity index (χ0v) is 16.3. The maximum atomic E-state index is 12.4. The number of nitrogens with one attached hydrogen (secondary N) is 2. The van der Waals surface area contributed by atoms with Crippen LogP contribution in [0.1, 0.15) is 26.5 Å². The number of carbonyl (C=O) groups excluding carboxylic acids is 2. The number of amides is 1. The van der Waals surface area contributed by atoms with Crippen LogP contribution in [0.2, 0.25) is 0 Å². The summed E-state index contributed by atoms with van der Waals surface area (Å²) in [5.41, 5.74) is 0.887. The minimum Gasteiger partial charge on any atom is -0.465 e. The Balaban J connectivity index is 1.72. The summed E-state index contributed by atoms with van der Waals surface area (Å²) < 4.78 is 36.5. The van der Waals surface area contributed by atoms with Gasteiger partial charge in [-0.15, -0.1) is 0 Å². The van der Waals surface area contributed by atoms with Gasteiger partial charge < -0.3 is 14.6 Å². The van der Waals surface area contributed by atoms with Gasteiger partial charge in [0.15, 0.2) is 5.82 Å². The van der Waals surface area contributed by atoms with Gasteiger partial charge in [-0.3, -0.25) is 9.52 Å². The quantitative estimate of drug-likeness (QED) is 0.593. The maximum absolute atomic E-state index is 12.4. The van der Waals surface area contributed by atoms with E-state index in [0.29, 0.717) is 11.4 Å². The van der Waals surface area contributed by atoms with Gasteiger partial charge in [-0.05, 0) is 49.4 Å². The van der Waals surface area contributed by atoms with Crippen LogP contribution in [0, 0.1) is 6.92 Å². The summed E-state index contributed by atoms with van der Waals surface area (Å²) in [5, 5.41) is 6.23. The average molecular weight is 415 g/mol. The predicted molar refractivity (Wildman–Crippen MR) is 104 cm³/mol. The number of sulfonamides is 1. The summed E-state index contributed by atoms with van der Waals surface area (Å²) >= 11 is 0. The Morgan fingerprint density at radius 3 is 2.34 bits per heavy atom. The van der Waals surface area contributed by atoms with Crippen LogP contribution >= 0.6 is 0 Å². The number of ether oxygens (including phenoxy) is 1. The number of carbonyl (C=O) groups is 2. The molecule has 2 N–H and O–H groups in total. The molecule has 0 saturated carbocycles. The summed E-state index contributed by atoms with van der Waals surface area (Å²) in [7, 11) is -2.60. The second-order valence-electron chi connectivity index (χ2n) is 5.98. The molecule has 10 heteroatoms. The third-order valence-corrected chi connectivity index (χ3v) is 5.21. The molecular formula is C19H17N3O6S. The van der Waals surface area contributed by atoms with Crippen molar-refractivity contribution in [3.05, 3.63) is 71.5 Å². The summed E-state index contributed by atoms with van der Waals surface area (Å²) in [6.07, 6.45) is 0. The van der Waals surface area contributed by atoms with Gasteiger partial charge in [-0.2, -0.15) is 0 Å². The lowest BCUT2D eigenvalue weighted by Crippen LogP contribution is -2.15. The summed E-state index contributed by atoms with van der Waals surface area (Å²) in [6, 6.07) is 13.1. The van der Waals surface area contributed by atoms with E-state index in [4.69, 9.17) is 4.52 Å². The molecule has 0 saturated heterocycles. The smallest absolute Gasteiger partial charge is 0.337 e. The zero-order chi connectivity index (χ0) is 21.0. The molecule has 0 atom stereocenters. The largest absolute Gasteiger partial charge is 0.465 e. The lowest BCUT2D eigenvalue weighted by molar-refractivity contribution is 0.0600. The van der Waals surface area contributed by atoms with Crippen molar-refractivity contribution in [1.29, 1.82) is 0 Å². The molecule has 0 spiro atoms. The second-order valence-corrected chi connectivity index (χ2v) is 7.66. The third-order valence-electron chi connectivity index (χ3n) is 3.84. The van der Waals surface area contributed by atoms with Crippen molar-refractivity contribution in [1.82, 2.24) is 5.16 Å². The van der Waals surface area contributed by atoms with E-state index in [9.17, 15) is 18.0 Å². The van der Waals surface area contributed by atoms with Gasteiger partial charge in [-0.25, -0.2) is 13.2 Å². The number of nitrogens with zero attached hydrogens (tertiary/aromatic N) is 1. The molecule has 3 rings (SSSR count). The number of rotatable bonds is 6. The van der Waals surface area contributed by atoms with E-state index >= 15 is 0 Å². The highest BCUT2D eigenvalue weighted by Crippen LogP contribution is 2.19. The Hall–Kier alpha value is -3.66. The molecule has 0 aliphatic rings. The van der Waals surface area contributed by atoms with E-state index < -0.39 is 21.9 Å². The number of aromatic nitrogens is 1. The number of hydrogen-bond acceptors (Lipinski definition) is 7. The van der Waals surface area contributed by atoms with Crippen LogP contribution in [0.15, 0.2) is 64.0 Å². The molecule has 0 bridgehead atoms. The molecule has 1 aromatic heterocycles. The van der Waals surface area contributed by atoms with Gasteiger partial charge in [0, 0.05) is 17.3 Å². The Morgan fingerprint density at radius 2 is 1.72 bits per heavy atom. The topological polar surface area (TPSA) is 128 Å². The zero-order valence-electron chi connectivity index (χ0n) is 15.5. The van der Waals surface area contributed by atoms with E-state index in [1.165, 1.54) is 49.6 Å². The molecule has 29 heavy (non-hydrogen) atoms. The SMILES string of the molecule is COC(=O)c1cccc(C(=O)Nc2ccc(S(=O)(=O)Nc3cc(C)on3)cc2)c1. The van der Waals surface area contributed by atoms with Crippen LogP contribution in [0.25, 0.3) is 0 Å². The number of benzene rings is 2. The van der Waals surface area contributed by atoms with E-state index in [1.54, 1.807) is 19.1 Å². The third kappa shape index (κ3) is 4.79. The fraction of sp³-hybridized carbons (Fsp3) is 0.105. The minimum atomic E-state index is -3.85. The van der Waals surface area contributed by atoms with Crippen LogP contribution in [0.5, 0.6) is 0 Å². The lowest BCUT2D eigenvalue weighted by atomic mass is 10.1. The normalized spacial score (nSPS) is 11.0. The van der Waals surface area contributed by atoms with Gasteiger partial charge >= 0.3 is 5.97 Å². The highest BCUT2D eigenvalue weighted by atomic mass is 32.2. The molecule has 3 aromatic rings. The van der Waals surface area contributed by atoms with Gasteiger partial charge in [0.25, 0.3) is 15.9 Å². The highest BCUT2D eigenvalue weighted by Gasteiger charge is 2.17. The first-order valence-corrected chi connectivity index (χ1v) is 9.83. The molecule has 2 aromatic carbocycles. The van der Waals surface area contributed by atoms with Crippen molar-refractivity contribution in [2.45, 2.75) is 11.8 Å². The van der Waals surface area contributed by atoms with Crippen LogP contribution in [-0.2, 0) is 14.8 Å². The number of anilines is 2. The van der Waals surface area contributed by atoms with Crippen LogP contribution < -0.4 is 10.0 Å². The average Bonchev–Trinajstić information content (AvgIpc) is 3.11. The molecule has 0 fully saturated rings. The van der Waals surface area contributed by atoms with E-state index in [0.717, 1.165) is 0 Å². The number of esters is 1. The van der Waals surface area contributed by atoms with Crippen LogP contribution in [0.3, 0.4) is 0 Å². The monoisotopic (exact) mass is 415 g/mol. The van der Waals surface area contributed by atoms with E-state index in [2.05, 4.69) is 19.9 Å². The van der Waals surface area contributed by atoms with Crippen LogP contribution in [0.4, 0.5) is 11.5 Å². The summed E-state index contributed by atoms with van der Waals surface area (Å²) in [4.78, 5) is 24.0. The molecule has 9 nitrogen and oxygen atoms in total. The van der Waals surface area contributed by atoms with Gasteiger partial charge in [-0.1, -0.05) is 11.2 Å². The number of methoxy groups -OCH3 is 1. The standard InChI is InChI=1S/C19H17N3O6S/c1-12-10-17(21-28-12)22-29(25,26)16-8-6-15(7-9-16)20-18(23)13-4-3-5-14(11-13)19(24)27-2/h3-11H,1-2H3,(H,20,23)(H,21,22). The summed E-state index contributed by atoms with van der Waals surface area (Å²) in [5.74, 6) is -0.464. The van der Waals surface area contributed by atoms with Gasteiger partial charge in [0.1, 0.15) is 5.76 Å². The first-order chi connectivity index (χ1) is 13.8. The Kier molecular flexibility index (Phi) is 5.64. The predicted octanol–water partition coefficient (Wildman–Crippen LogP) is 2.82. The van der Waals surface area contributed by atoms with Crippen molar-refractivity contribution < 1.29 is 27.3 Å². The van der Waals surface area contributed by atoms with Crippen molar-refractivity contribution in [2.75, 3.05) is 17.1 Å². The molecule has 0 radical (unpaired) electrons. The summed E-state index contributed by atoms with van der Waals surface area (Å²) in [6.45, 7) is 1.64. The molecule has 0 aliphatic heterocycles. The maximum Gasteiger partial charge on any atom is 0.337 e. The van der Waals surface area contributed by atoms with E-state index in [1.807, 2.05) is 0 Å². The molecule has 150 valence electrons. The minimum absolute atomic E-state index is 0.0103. The van der Waals surface area contributed by atoms with Crippen molar-refractivity contribution in [2.24, 2.45) is 0 Å². The fourth-order valence-electron chi connectivity index (χ4n) is 2.44.